The zero-order valence-corrected chi connectivity index (χ0v) is 37.2. The summed E-state index contributed by atoms with van der Waals surface area (Å²) in [5.41, 5.74) is 23.7. The number of rotatable bonds is 5. The Labute approximate surface area is 375 Å². The van der Waals surface area contributed by atoms with Crippen LogP contribution in [-0.2, 0) is 16.2 Å². The molecule has 63 heavy (non-hydrogen) atoms. The van der Waals surface area contributed by atoms with Gasteiger partial charge in [-0.05, 0) is 150 Å². The molecule has 1 saturated carbocycles. The van der Waals surface area contributed by atoms with E-state index in [0.29, 0.717) is 0 Å². The molecule has 1 nitrogen and oxygen atoms in total. The van der Waals surface area contributed by atoms with Crippen molar-refractivity contribution < 1.29 is 1.37 Å². The summed E-state index contributed by atoms with van der Waals surface area (Å²) in [6.45, 7) is 11.7. The molecule has 8 aromatic carbocycles. The number of hydrogen-bond acceptors (Lipinski definition) is 1. The van der Waals surface area contributed by atoms with Gasteiger partial charge in [0.05, 0.1) is 5.41 Å². The molecule has 1 heteroatoms. The van der Waals surface area contributed by atoms with Crippen LogP contribution in [0.5, 0.6) is 0 Å². The van der Waals surface area contributed by atoms with Crippen molar-refractivity contribution in [1.29, 1.82) is 0 Å². The molecule has 0 heterocycles. The molecule has 0 N–H and O–H groups in total. The average Bonchev–Trinajstić information content (AvgIpc) is 3.87. The zero-order valence-electron chi connectivity index (χ0n) is 38.2. The molecule has 1 spiro atoms. The Hall–Kier alpha value is -6.44. The van der Waals surface area contributed by atoms with Crippen LogP contribution in [0.15, 0.2) is 176 Å². The summed E-state index contributed by atoms with van der Waals surface area (Å²) < 4.78 is 9.63. The van der Waals surface area contributed by atoms with E-state index < -0.39 is 11.3 Å². The summed E-state index contributed by atoms with van der Waals surface area (Å²) >= 11 is 0. The van der Waals surface area contributed by atoms with Gasteiger partial charge in [0.25, 0.3) is 0 Å². The van der Waals surface area contributed by atoms with Gasteiger partial charge in [-0.25, -0.2) is 0 Å². The fraction of sp³-hybridized carbons (Fsp3) is 0.226. The summed E-state index contributed by atoms with van der Waals surface area (Å²) in [6, 6.07) is 66.8. The molecule has 308 valence electrons. The minimum absolute atomic E-state index is 0.00429. The predicted molar refractivity (Wildman–Crippen MR) is 265 cm³/mol. The van der Waals surface area contributed by atoms with E-state index in [1.54, 1.807) is 0 Å². The van der Waals surface area contributed by atoms with Crippen molar-refractivity contribution in [2.75, 3.05) is 4.90 Å². The highest BCUT2D eigenvalue weighted by molar-refractivity contribution is 5.97. The lowest BCUT2D eigenvalue weighted by Crippen LogP contribution is -2.27. The zero-order chi connectivity index (χ0) is 43.6. The minimum atomic E-state index is -0.545. The van der Waals surface area contributed by atoms with Crippen LogP contribution in [0, 0.1) is 0 Å². The molecule has 1 unspecified atom stereocenters. The van der Waals surface area contributed by atoms with Crippen LogP contribution in [0.1, 0.15) is 118 Å². The summed E-state index contributed by atoms with van der Waals surface area (Å²) in [6.07, 6.45) is 5.31. The lowest BCUT2D eigenvalue weighted by molar-refractivity contribution is 0.444. The quantitative estimate of drug-likeness (QED) is 0.167. The Balaban J connectivity index is 1.08. The Kier molecular flexibility index (Phi) is 8.27. The van der Waals surface area contributed by atoms with Crippen LogP contribution < -0.4 is 4.90 Å². The molecule has 4 aliphatic rings. The molecule has 1 atom stereocenters. The van der Waals surface area contributed by atoms with Crippen LogP contribution in [0.3, 0.4) is 0 Å². The first kappa shape index (κ1) is 37.1. The molecule has 12 rings (SSSR count). The summed E-state index contributed by atoms with van der Waals surface area (Å²) in [7, 11) is 0. The third-order valence-electron chi connectivity index (χ3n) is 15.2. The Morgan fingerprint density at radius 1 is 0.444 bits per heavy atom. The van der Waals surface area contributed by atoms with Crippen molar-refractivity contribution >= 4 is 17.1 Å². The summed E-state index contributed by atoms with van der Waals surface area (Å²) in [5.74, 6) is -0.545. The van der Waals surface area contributed by atoms with Crippen molar-refractivity contribution in [2.45, 2.75) is 88.9 Å². The van der Waals surface area contributed by atoms with E-state index in [1.165, 1.54) is 89.9 Å². The lowest BCUT2D eigenvalue weighted by Gasteiger charge is -2.33. The normalized spacial score (nSPS) is 18.5. The van der Waals surface area contributed by atoms with Crippen molar-refractivity contribution in [1.82, 2.24) is 0 Å². The maximum atomic E-state index is 9.63. The van der Waals surface area contributed by atoms with Gasteiger partial charge in [-0.2, -0.15) is 0 Å². The van der Waals surface area contributed by atoms with Crippen molar-refractivity contribution in [3.63, 3.8) is 0 Å². The van der Waals surface area contributed by atoms with Crippen LogP contribution in [0.25, 0.3) is 44.5 Å². The first-order valence-electron chi connectivity index (χ1n) is 23.7. The van der Waals surface area contributed by atoms with E-state index >= 15 is 0 Å². The fourth-order valence-electron chi connectivity index (χ4n) is 12.1. The SMILES string of the molecule is [2H]C1(c2ccccc2-c2ccc(N(c3ccc4c(c3)-c3ccccc3C4(C)C)c3ccc4c(c3)C3(c5ccccc5-4)c4ccccc4-c4ccc(C(C)(C)C)cc43)cc2)CCCCC1. The van der Waals surface area contributed by atoms with Gasteiger partial charge in [0.15, 0.2) is 0 Å². The first-order valence-corrected chi connectivity index (χ1v) is 23.2. The Morgan fingerprint density at radius 3 is 1.60 bits per heavy atom. The van der Waals surface area contributed by atoms with Gasteiger partial charge in [0, 0.05) is 23.8 Å². The van der Waals surface area contributed by atoms with Gasteiger partial charge in [0.1, 0.15) is 0 Å². The molecular weight excluding hydrogens is 759 g/mol. The fourth-order valence-corrected chi connectivity index (χ4v) is 12.1. The smallest absolute Gasteiger partial charge is 0.0726 e. The Morgan fingerprint density at radius 2 is 0.937 bits per heavy atom. The second-order valence-electron chi connectivity index (χ2n) is 20.1. The molecule has 1 fully saturated rings. The van der Waals surface area contributed by atoms with E-state index in [9.17, 15) is 1.37 Å². The van der Waals surface area contributed by atoms with Crippen molar-refractivity contribution in [3.8, 4) is 44.5 Å². The maximum absolute atomic E-state index is 9.63. The summed E-state index contributed by atoms with van der Waals surface area (Å²) in [4.78, 5) is 2.49. The molecule has 0 bridgehead atoms. The number of hydrogen-bond donors (Lipinski definition) is 0. The van der Waals surface area contributed by atoms with Gasteiger partial charge in [-0.3, -0.25) is 0 Å². The van der Waals surface area contributed by atoms with E-state index in [0.717, 1.165) is 48.3 Å². The van der Waals surface area contributed by atoms with Gasteiger partial charge in [-0.15, -0.1) is 0 Å². The molecule has 0 amide bonds. The highest BCUT2D eigenvalue weighted by Crippen LogP contribution is 2.64. The molecule has 4 aliphatic carbocycles. The minimum Gasteiger partial charge on any atom is -0.310 e. The first-order chi connectivity index (χ1) is 31.0. The van der Waals surface area contributed by atoms with Crippen LogP contribution in [0.4, 0.5) is 17.1 Å². The molecular formula is C62H55N. The third kappa shape index (κ3) is 5.61. The Bertz CT molecular complexity index is 3160. The van der Waals surface area contributed by atoms with E-state index in [-0.39, 0.29) is 10.8 Å². The lowest BCUT2D eigenvalue weighted by atomic mass is 9.69. The van der Waals surface area contributed by atoms with Crippen LogP contribution in [-0.4, -0.2) is 0 Å². The number of fused-ring (bicyclic) bond motifs is 13. The monoisotopic (exact) mass is 814 g/mol. The molecule has 8 aromatic rings. The predicted octanol–water partition coefficient (Wildman–Crippen LogP) is 16.8. The number of benzene rings is 8. The van der Waals surface area contributed by atoms with Gasteiger partial charge in [0.2, 0.25) is 0 Å². The van der Waals surface area contributed by atoms with Crippen molar-refractivity contribution in [2.24, 2.45) is 0 Å². The standard InChI is InChI=1S/C62H55N/c1-60(2,3)42-29-34-51-48-21-12-15-25-56(48)62(58(51)37-42)57-26-16-13-22-49(57)52-35-32-45(39-59(52)62)63(44-33-36-55-53(38-44)50-23-11-14-24-54(50)61(55,4)5)43-30-27-41(28-31-43)47-20-10-9-19-46(47)40-17-7-6-8-18-40/h9-16,19-40H,6-8,17-18H2,1-5H3/i40D. The largest absolute Gasteiger partial charge is 0.310 e. The summed E-state index contributed by atoms with van der Waals surface area (Å²) in [5, 5.41) is 0. The third-order valence-corrected chi connectivity index (χ3v) is 15.2. The maximum Gasteiger partial charge on any atom is 0.0726 e. The van der Waals surface area contributed by atoms with E-state index in [4.69, 9.17) is 0 Å². The van der Waals surface area contributed by atoms with Crippen LogP contribution >= 0.6 is 0 Å². The highest BCUT2D eigenvalue weighted by atomic mass is 15.1. The highest BCUT2D eigenvalue weighted by Gasteiger charge is 2.52. The molecule has 0 aliphatic heterocycles. The average molecular weight is 815 g/mol. The van der Waals surface area contributed by atoms with E-state index in [2.05, 4.69) is 215 Å². The molecule has 0 radical (unpaired) electrons. The van der Waals surface area contributed by atoms with Gasteiger partial charge < -0.3 is 4.90 Å². The van der Waals surface area contributed by atoms with Gasteiger partial charge in [-0.1, -0.05) is 193 Å². The topological polar surface area (TPSA) is 3.24 Å². The number of anilines is 3. The molecule has 0 aromatic heterocycles. The van der Waals surface area contributed by atoms with E-state index in [1.807, 2.05) is 0 Å². The number of nitrogens with zero attached hydrogens (tertiary/aromatic N) is 1. The van der Waals surface area contributed by atoms with Gasteiger partial charge >= 0.3 is 0 Å². The van der Waals surface area contributed by atoms with Crippen LogP contribution in [0.2, 0.25) is 0 Å². The second kappa shape index (κ2) is 14.0. The second-order valence-corrected chi connectivity index (χ2v) is 20.1. The van der Waals surface area contributed by atoms with Crippen molar-refractivity contribution in [3.05, 3.63) is 220 Å². The molecule has 0 saturated heterocycles.